The molecule has 8 nitrogen and oxygen atoms in total. The van der Waals surface area contributed by atoms with Crippen molar-refractivity contribution in [3.63, 3.8) is 0 Å². The third-order valence-corrected chi connectivity index (χ3v) is 9.97. The number of allylic oxidation sites excluding steroid dienone is 4. The summed E-state index contributed by atoms with van der Waals surface area (Å²) in [5.41, 5.74) is -0.944. The minimum Gasteiger partial charge on any atom is -0.478 e. The molecule has 2 N–H and O–H groups in total. The van der Waals surface area contributed by atoms with Crippen molar-refractivity contribution in [1.82, 2.24) is 14.7 Å². The van der Waals surface area contributed by atoms with Crippen molar-refractivity contribution in [3.8, 4) is 5.88 Å². The molecule has 0 radical (unpaired) electrons. The lowest BCUT2D eigenvalue weighted by Crippen LogP contribution is -2.58. The average Bonchev–Trinajstić information content (AvgIpc) is 3.54. The highest BCUT2D eigenvalue weighted by molar-refractivity contribution is 6.31. The zero-order valence-electron chi connectivity index (χ0n) is 24.1. The summed E-state index contributed by atoms with van der Waals surface area (Å²) in [6, 6.07) is 9.15. The molecule has 11 heteroatoms. The van der Waals surface area contributed by atoms with Crippen molar-refractivity contribution in [2.75, 3.05) is 18.5 Å². The Morgan fingerprint density at radius 1 is 1.23 bits per heavy atom. The van der Waals surface area contributed by atoms with E-state index in [4.69, 9.17) is 33.0 Å². The number of hydrogen-bond acceptors (Lipinski definition) is 5. The molecular weight excluding hydrogens is 594 g/mol. The number of nitrogens with one attached hydrogen (secondary N) is 1. The van der Waals surface area contributed by atoms with E-state index in [0.29, 0.717) is 40.5 Å². The van der Waals surface area contributed by atoms with E-state index in [9.17, 15) is 14.7 Å². The molecule has 1 aromatic heterocycles. The Balaban J connectivity index is 1.56. The molecule has 1 spiro atoms. The van der Waals surface area contributed by atoms with Crippen LogP contribution in [0, 0.1) is 16.7 Å². The number of carboxylic acid groups (broad SMARTS) is 1. The zero-order chi connectivity index (χ0) is 30.6. The number of rotatable bonds is 3. The molecule has 4 aliphatic rings. The molecule has 3 aromatic rings. The van der Waals surface area contributed by atoms with Gasteiger partial charge >= 0.3 is 5.97 Å². The molecule has 224 valence electrons. The van der Waals surface area contributed by atoms with Crippen molar-refractivity contribution in [2.45, 2.75) is 51.7 Å². The van der Waals surface area contributed by atoms with E-state index in [0.717, 1.165) is 5.56 Å². The Labute approximate surface area is 258 Å². The molecule has 1 fully saturated rings. The lowest BCUT2D eigenvalue weighted by Gasteiger charge is -2.47. The van der Waals surface area contributed by atoms with E-state index in [2.05, 4.69) is 31.0 Å². The van der Waals surface area contributed by atoms with E-state index in [-0.39, 0.29) is 34.6 Å². The summed E-state index contributed by atoms with van der Waals surface area (Å²) < 4.78 is 24.8. The monoisotopic (exact) mass is 624 g/mol. The second kappa shape index (κ2) is 9.30. The number of carbonyl (C=O) groups excluding carboxylic acids is 1. The molecule has 1 saturated heterocycles. The quantitative estimate of drug-likeness (QED) is 0.329. The van der Waals surface area contributed by atoms with Crippen LogP contribution in [-0.4, -0.2) is 50.9 Å². The van der Waals surface area contributed by atoms with E-state index in [1.165, 1.54) is 12.1 Å². The molecule has 3 aliphatic heterocycles. The van der Waals surface area contributed by atoms with Gasteiger partial charge in [0.1, 0.15) is 18.0 Å². The van der Waals surface area contributed by atoms with Crippen LogP contribution in [0.4, 0.5) is 10.1 Å². The van der Waals surface area contributed by atoms with Gasteiger partial charge in [0, 0.05) is 34.2 Å². The fraction of sp³-hybridized carbons (Fsp3) is 0.406. The van der Waals surface area contributed by atoms with Crippen LogP contribution in [0.2, 0.25) is 5.02 Å². The van der Waals surface area contributed by atoms with Gasteiger partial charge in [-0.25, -0.2) is 13.9 Å². The molecule has 4 heterocycles. The SMILES string of the molecule is CC(C)(C)CN1[C@H]2COc3c4ccc(C(=O)O)cc4nn3[C@H]2[C@H](C2(C)CC=CC(Cl)=C2F)[C@]12C(=O)Nc1cc(Cl)ccc12. The fourth-order valence-corrected chi connectivity index (χ4v) is 8.37. The fourth-order valence-electron chi connectivity index (χ4n) is 7.89. The second-order valence-corrected chi connectivity index (χ2v) is 14.3. The maximum absolute atomic E-state index is 16.6. The molecular formula is C32H31Cl2FN4O4. The zero-order valence-corrected chi connectivity index (χ0v) is 25.6. The molecule has 1 unspecified atom stereocenters. The predicted molar refractivity (Wildman–Crippen MR) is 162 cm³/mol. The number of anilines is 1. The Hall–Kier alpha value is -3.40. The Morgan fingerprint density at radius 2 is 2.00 bits per heavy atom. The number of ether oxygens (including phenoxy) is 1. The molecule has 5 atom stereocenters. The molecule has 1 amide bonds. The molecule has 0 bridgehead atoms. The van der Waals surface area contributed by atoms with Crippen LogP contribution in [0.1, 0.15) is 56.1 Å². The largest absolute Gasteiger partial charge is 0.478 e. The minimum absolute atomic E-state index is 0.00784. The molecule has 43 heavy (non-hydrogen) atoms. The highest BCUT2D eigenvalue weighted by Crippen LogP contribution is 2.67. The van der Waals surface area contributed by atoms with Gasteiger partial charge in [-0.15, -0.1) is 0 Å². The normalized spacial score (nSPS) is 29.9. The number of hydrogen-bond donors (Lipinski definition) is 2. The highest BCUT2D eigenvalue weighted by atomic mass is 35.5. The lowest BCUT2D eigenvalue weighted by molar-refractivity contribution is -0.133. The van der Waals surface area contributed by atoms with Gasteiger partial charge < -0.3 is 15.2 Å². The van der Waals surface area contributed by atoms with Crippen molar-refractivity contribution in [3.05, 3.63) is 75.6 Å². The maximum Gasteiger partial charge on any atom is 0.335 e. The van der Waals surface area contributed by atoms with Gasteiger partial charge in [-0.2, -0.15) is 5.10 Å². The summed E-state index contributed by atoms with van der Waals surface area (Å²) in [7, 11) is 0. The number of benzene rings is 2. The molecule has 0 saturated carbocycles. The standard InChI is InChI=1S/C32H31Cl2FN4O4/c1-30(2,3)15-38-23-14-43-27-18-9-7-16(28(40)41)12-21(18)37-39(27)24(23)25(31(4)11-5-6-20(34)26(31)35)32(38)19-10-8-17(33)13-22(19)36-29(32)42/h5-10,12-13,23-25H,11,14-15H2,1-4H3,(H,36,42)(H,40,41)/t23-,24+,25+,31?,32+/m0/s1. The molecule has 7 rings (SSSR count). The number of carbonyl (C=O) groups is 2. The number of likely N-dealkylation sites (tertiary alicyclic amines) is 1. The van der Waals surface area contributed by atoms with Crippen LogP contribution < -0.4 is 10.1 Å². The van der Waals surface area contributed by atoms with Gasteiger partial charge in [-0.05, 0) is 48.2 Å². The first-order valence-electron chi connectivity index (χ1n) is 14.3. The van der Waals surface area contributed by atoms with E-state index < -0.39 is 34.7 Å². The molecule has 2 aromatic carbocycles. The number of fused-ring (bicyclic) bond motifs is 7. The predicted octanol–water partition coefficient (Wildman–Crippen LogP) is 6.90. The Morgan fingerprint density at radius 3 is 2.72 bits per heavy atom. The maximum atomic E-state index is 16.6. The van der Waals surface area contributed by atoms with Crippen molar-refractivity contribution in [1.29, 1.82) is 0 Å². The summed E-state index contributed by atoms with van der Waals surface area (Å²) in [6.07, 6.45) is 3.73. The van der Waals surface area contributed by atoms with Gasteiger partial charge in [-0.1, -0.05) is 63.0 Å². The topological polar surface area (TPSA) is 96.7 Å². The van der Waals surface area contributed by atoms with Crippen molar-refractivity contribution < 1.29 is 23.8 Å². The second-order valence-electron chi connectivity index (χ2n) is 13.4. The summed E-state index contributed by atoms with van der Waals surface area (Å²) in [5.74, 6) is -2.05. The van der Waals surface area contributed by atoms with Gasteiger partial charge in [0.25, 0.3) is 0 Å². The number of aromatic nitrogens is 2. The third-order valence-electron chi connectivity index (χ3n) is 9.45. The van der Waals surface area contributed by atoms with Crippen molar-refractivity contribution in [2.24, 2.45) is 16.7 Å². The summed E-state index contributed by atoms with van der Waals surface area (Å²) in [4.78, 5) is 28.6. The van der Waals surface area contributed by atoms with Gasteiger partial charge in [-0.3, -0.25) is 9.69 Å². The summed E-state index contributed by atoms with van der Waals surface area (Å²) in [5, 5.41) is 18.8. The number of carboxylic acids is 1. The Kier molecular flexibility index (Phi) is 6.14. The lowest BCUT2D eigenvalue weighted by atomic mass is 9.60. The Bertz CT molecular complexity index is 1800. The number of nitrogens with zero attached hydrogens (tertiary/aromatic N) is 3. The van der Waals surface area contributed by atoms with Crippen LogP contribution in [0.5, 0.6) is 5.88 Å². The van der Waals surface area contributed by atoms with Crippen LogP contribution >= 0.6 is 23.2 Å². The third kappa shape index (κ3) is 3.87. The first-order chi connectivity index (χ1) is 20.3. The van der Waals surface area contributed by atoms with Crippen LogP contribution in [0.15, 0.2) is 59.4 Å². The van der Waals surface area contributed by atoms with E-state index >= 15 is 4.39 Å². The number of amides is 1. The first-order valence-corrected chi connectivity index (χ1v) is 15.0. The summed E-state index contributed by atoms with van der Waals surface area (Å²) in [6.45, 7) is 8.86. The van der Waals surface area contributed by atoms with Gasteiger partial charge in [0.2, 0.25) is 11.8 Å². The van der Waals surface area contributed by atoms with Crippen LogP contribution in [0.25, 0.3) is 10.9 Å². The van der Waals surface area contributed by atoms with Crippen LogP contribution in [0.3, 0.4) is 0 Å². The van der Waals surface area contributed by atoms with Crippen molar-refractivity contribution >= 4 is 51.7 Å². The van der Waals surface area contributed by atoms with Gasteiger partial charge in [0.15, 0.2) is 0 Å². The van der Waals surface area contributed by atoms with E-state index in [1.807, 2.05) is 19.1 Å². The highest BCUT2D eigenvalue weighted by Gasteiger charge is 2.73. The summed E-state index contributed by atoms with van der Waals surface area (Å²) >= 11 is 12.9. The number of halogens is 3. The molecule has 1 aliphatic carbocycles. The average molecular weight is 626 g/mol. The van der Waals surface area contributed by atoms with Crippen LogP contribution in [-0.2, 0) is 10.3 Å². The first kappa shape index (κ1) is 28.4. The van der Waals surface area contributed by atoms with Gasteiger partial charge in [0.05, 0.1) is 33.6 Å². The smallest absolute Gasteiger partial charge is 0.335 e. The minimum atomic E-state index is -1.33. The van der Waals surface area contributed by atoms with E-state index in [1.54, 1.807) is 29.0 Å². The number of aromatic carboxylic acids is 1.